The van der Waals surface area contributed by atoms with Gasteiger partial charge in [0, 0.05) is 36.5 Å². The number of fused-ring (bicyclic) bond motifs is 1. The molecule has 0 spiro atoms. The summed E-state index contributed by atoms with van der Waals surface area (Å²) in [7, 11) is 0. The van der Waals surface area contributed by atoms with Crippen LogP contribution >= 0.6 is 0 Å². The molecule has 2 aromatic rings. The number of aliphatic imine (C=N–C) groups is 1. The van der Waals surface area contributed by atoms with Gasteiger partial charge >= 0.3 is 0 Å². The van der Waals surface area contributed by atoms with Crippen LogP contribution in [0.15, 0.2) is 23.2 Å². The third kappa shape index (κ3) is 5.32. The molecule has 4 N–H and O–H groups in total. The van der Waals surface area contributed by atoms with Crippen molar-refractivity contribution in [2.45, 2.75) is 95.4 Å². The molecule has 0 radical (unpaired) electrons. The highest BCUT2D eigenvalue weighted by molar-refractivity contribution is 5.97. The zero-order chi connectivity index (χ0) is 23.5. The predicted molar refractivity (Wildman–Crippen MR) is 134 cm³/mol. The van der Waals surface area contributed by atoms with Gasteiger partial charge in [-0.15, -0.1) is 0 Å². The Balaban J connectivity index is 1.39. The number of carbonyl (C=O) groups excluding carboxylic acids is 1. The van der Waals surface area contributed by atoms with Crippen molar-refractivity contribution in [2.75, 3.05) is 11.9 Å². The van der Waals surface area contributed by atoms with Crippen LogP contribution in [0.4, 0.5) is 5.82 Å². The first kappa shape index (κ1) is 23.0. The first-order valence-electron chi connectivity index (χ1n) is 12.9. The molecular formula is C26H36N6O2. The Bertz CT molecular complexity index is 1060. The number of aryl methyl sites for hydroxylation is 1. The van der Waals surface area contributed by atoms with Crippen LogP contribution in [0.3, 0.4) is 0 Å². The van der Waals surface area contributed by atoms with Crippen LogP contribution in [0, 0.1) is 6.92 Å². The molecule has 1 amide bonds. The molecule has 1 aromatic carbocycles. The molecule has 2 fully saturated rings. The summed E-state index contributed by atoms with van der Waals surface area (Å²) in [4.78, 5) is 27.0. The van der Waals surface area contributed by atoms with E-state index in [-0.39, 0.29) is 29.9 Å². The number of benzene rings is 1. The van der Waals surface area contributed by atoms with E-state index in [9.17, 15) is 9.90 Å². The number of anilines is 1. The number of aromatic nitrogens is 2. The van der Waals surface area contributed by atoms with Crippen LogP contribution in [0.25, 0.3) is 10.9 Å². The third-order valence-electron chi connectivity index (χ3n) is 7.40. The Morgan fingerprint density at radius 2 is 1.74 bits per heavy atom. The third-order valence-corrected chi connectivity index (χ3v) is 7.40. The van der Waals surface area contributed by atoms with Gasteiger partial charge in [-0.2, -0.15) is 0 Å². The highest BCUT2D eigenvalue weighted by atomic mass is 16.3. The minimum Gasteiger partial charge on any atom is -0.393 e. The highest BCUT2D eigenvalue weighted by Crippen LogP contribution is 2.27. The van der Waals surface area contributed by atoms with Crippen molar-refractivity contribution >= 4 is 28.5 Å². The van der Waals surface area contributed by atoms with Gasteiger partial charge in [-0.3, -0.25) is 9.79 Å². The van der Waals surface area contributed by atoms with Crippen molar-refractivity contribution in [2.24, 2.45) is 4.99 Å². The molecule has 182 valence electrons. The van der Waals surface area contributed by atoms with E-state index in [1.165, 1.54) is 12.8 Å². The highest BCUT2D eigenvalue weighted by Gasteiger charge is 2.28. The van der Waals surface area contributed by atoms with Gasteiger partial charge < -0.3 is 21.1 Å². The second kappa shape index (κ2) is 10.3. The van der Waals surface area contributed by atoms with E-state index < -0.39 is 0 Å². The predicted octanol–water partition coefficient (Wildman–Crippen LogP) is 3.48. The van der Waals surface area contributed by atoms with Crippen LogP contribution in [0.5, 0.6) is 0 Å². The zero-order valence-corrected chi connectivity index (χ0v) is 20.0. The Hall–Kier alpha value is -2.74. The molecule has 1 aliphatic heterocycles. The normalized spacial score (nSPS) is 27.3. The molecule has 2 saturated carbocycles. The maximum absolute atomic E-state index is 13.1. The topological polar surface area (TPSA) is 112 Å². The molecule has 8 nitrogen and oxygen atoms in total. The summed E-state index contributed by atoms with van der Waals surface area (Å²) < 4.78 is 0. The smallest absolute Gasteiger partial charge is 0.289 e. The summed E-state index contributed by atoms with van der Waals surface area (Å²) in [6.45, 7) is 2.98. The molecule has 0 unspecified atom stereocenters. The van der Waals surface area contributed by atoms with E-state index in [1.54, 1.807) is 0 Å². The lowest BCUT2D eigenvalue weighted by molar-refractivity contribution is 0.0859. The maximum Gasteiger partial charge on any atom is 0.289 e. The van der Waals surface area contributed by atoms with Crippen molar-refractivity contribution in [1.82, 2.24) is 20.6 Å². The lowest BCUT2D eigenvalue weighted by Crippen LogP contribution is -2.48. The number of rotatable bonds is 5. The maximum atomic E-state index is 13.1. The van der Waals surface area contributed by atoms with Crippen LogP contribution in [-0.4, -0.2) is 57.6 Å². The summed E-state index contributed by atoms with van der Waals surface area (Å²) in [6, 6.07) is 6.65. The SMILES string of the molecule is Cc1ccc2nc(C(=O)NC3CCC(O)CC3)nc(N[C@H]3CCCC[C@H]3NC3=NCCC3)c2c1. The van der Waals surface area contributed by atoms with E-state index in [0.717, 1.165) is 86.0 Å². The molecule has 2 aliphatic carbocycles. The van der Waals surface area contributed by atoms with Crippen molar-refractivity contribution in [3.05, 3.63) is 29.6 Å². The quantitative estimate of drug-likeness (QED) is 0.539. The van der Waals surface area contributed by atoms with Gasteiger partial charge in [0.1, 0.15) is 5.82 Å². The van der Waals surface area contributed by atoms with Crippen LogP contribution in [0.1, 0.15) is 80.4 Å². The van der Waals surface area contributed by atoms with Gasteiger partial charge in [0.15, 0.2) is 0 Å². The minimum absolute atomic E-state index is 0.0590. The number of hydrogen-bond donors (Lipinski definition) is 4. The molecule has 3 aliphatic rings. The molecular weight excluding hydrogens is 428 g/mol. The van der Waals surface area contributed by atoms with E-state index in [1.807, 2.05) is 12.1 Å². The number of hydrogen-bond acceptors (Lipinski definition) is 7. The second-order valence-electron chi connectivity index (χ2n) is 10.1. The fourth-order valence-electron chi connectivity index (χ4n) is 5.45. The van der Waals surface area contributed by atoms with E-state index in [4.69, 9.17) is 4.98 Å². The number of nitrogens with one attached hydrogen (secondary N) is 3. The van der Waals surface area contributed by atoms with Gasteiger partial charge in [0.2, 0.25) is 5.82 Å². The lowest BCUT2D eigenvalue weighted by atomic mass is 9.90. The number of nitrogens with zero attached hydrogens (tertiary/aromatic N) is 3. The van der Waals surface area contributed by atoms with Crippen molar-refractivity contribution < 1.29 is 9.90 Å². The Labute approximate surface area is 201 Å². The summed E-state index contributed by atoms with van der Waals surface area (Å²) in [6.07, 6.45) is 9.43. The Kier molecular flexibility index (Phi) is 6.94. The summed E-state index contributed by atoms with van der Waals surface area (Å²) in [5.41, 5.74) is 1.91. The first-order chi connectivity index (χ1) is 16.5. The van der Waals surface area contributed by atoms with E-state index in [2.05, 4.69) is 38.9 Å². The molecule has 2 atom stereocenters. The second-order valence-corrected chi connectivity index (χ2v) is 10.1. The Morgan fingerprint density at radius 3 is 2.47 bits per heavy atom. The fraction of sp³-hybridized carbons (Fsp3) is 0.615. The van der Waals surface area contributed by atoms with Gasteiger partial charge in [-0.1, -0.05) is 24.5 Å². The molecule has 0 bridgehead atoms. The van der Waals surface area contributed by atoms with E-state index >= 15 is 0 Å². The van der Waals surface area contributed by atoms with Crippen LogP contribution in [-0.2, 0) is 0 Å². The number of amidine groups is 1. The standard InChI is InChI=1S/C26H36N6O2/c1-16-8-13-20-19(15-16)24(31-22-6-3-2-5-21(22)29-23-7-4-14-27-23)32-25(30-20)26(34)28-17-9-11-18(33)12-10-17/h8,13,15,17-18,21-22,33H,2-7,9-12,14H2,1H3,(H,27,29)(H,28,34)(H,30,31,32)/t17?,18?,21-,22+/m1/s1. The largest absolute Gasteiger partial charge is 0.393 e. The van der Waals surface area contributed by atoms with Crippen molar-refractivity contribution in [3.8, 4) is 0 Å². The number of carbonyl (C=O) groups is 1. The molecule has 8 heteroatoms. The average Bonchev–Trinajstić information content (AvgIpc) is 3.35. The molecule has 1 aromatic heterocycles. The van der Waals surface area contributed by atoms with Gasteiger partial charge in [0.25, 0.3) is 5.91 Å². The lowest BCUT2D eigenvalue weighted by Gasteiger charge is -2.34. The first-order valence-corrected chi connectivity index (χ1v) is 12.9. The summed E-state index contributed by atoms with van der Waals surface area (Å²) in [5, 5.41) is 21.2. The molecule has 0 saturated heterocycles. The fourth-order valence-corrected chi connectivity index (χ4v) is 5.45. The number of aliphatic hydroxyl groups is 1. The van der Waals surface area contributed by atoms with E-state index in [0.29, 0.717) is 6.04 Å². The van der Waals surface area contributed by atoms with Crippen LogP contribution in [0.2, 0.25) is 0 Å². The molecule has 2 heterocycles. The minimum atomic E-state index is -0.253. The number of amides is 1. The van der Waals surface area contributed by atoms with Gasteiger partial charge in [0.05, 0.1) is 17.5 Å². The Morgan fingerprint density at radius 1 is 0.971 bits per heavy atom. The molecule has 34 heavy (non-hydrogen) atoms. The molecule has 5 rings (SSSR count). The average molecular weight is 465 g/mol. The van der Waals surface area contributed by atoms with Gasteiger partial charge in [-0.05, 0) is 64.0 Å². The number of aliphatic hydroxyl groups excluding tert-OH is 1. The monoisotopic (exact) mass is 464 g/mol. The summed E-state index contributed by atoms with van der Waals surface area (Å²) >= 11 is 0. The van der Waals surface area contributed by atoms with Crippen LogP contribution < -0.4 is 16.0 Å². The zero-order valence-electron chi connectivity index (χ0n) is 20.0. The van der Waals surface area contributed by atoms with Gasteiger partial charge in [-0.25, -0.2) is 9.97 Å². The summed E-state index contributed by atoms with van der Waals surface area (Å²) in [5.74, 6) is 1.81. The van der Waals surface area contributed by atoms with Crippen molar-refractivity contribution in [3.63, 3.8) is 0 Å². The van der Waals surface area contributed by atoms with Crippen molar-refractivity contribution in [1.29, 1.82) is 0 Å².